The van der Waals surface area contributed by atoms with Crippen molar-refractivity contribution in [1.82, 2.24) is 5.32 Å². The summed E-state index contributed by atoms with van der Waals surface area (Å²) in [4.78, 5) is 0. The smallest absolute Gasteiger partial charge is 0.115 e. The molecule has 0 radical (unpaired) electrons. The van der Waals surface area contributed by atoms with Gasteiger partial charge in [-0.25, -0.2) is 0 Å². The van der Waals surface area contributed by atoms with Gasteiger partial charge in [-0.2, -0.15) is 0 Å². The van der Waals surface area contributed by atoms with Crippen molar-refractivity contribution in [2.75, 3.05) is 0 Å². The normalized spacial score (nSPS) is 11.6. The Hall–Kier alpha value is -1.80. The molecule has 2 heteroatoms. The van der Waals surface area contributed by atoms with Gasteiger partial charge in [0.1, 0.15) is 5.75 Å². The zero-order valence-electron chi connectivity index (χ0n) is 12.5. The summed E-state index contributed by atoms with van der Waals surface area (Å²) in [6.45, 7) is 8.27. The Morgan fingerprint density at radius 3 is 2.15 bits per heavy atom. The summed E-state index contributed by atoms with van der Waals surface area (Å²) in [6, 6.07) is 16.1. The summed E-state index contributed by atoms with van der Waals surface area (Å²) in [6.07, 6.45) is 0. The maximum absolute atomic E-state index is 9.41. The molecule has 2 aromatic carbocycles. The fraction of sp³-hybridized carbons (Fsp3) is 0.333. The van der Waals surface area contributed by atoms with E-state index in [1.165, 1.54) is 11.1 Å². The van der Waals surface area contributed by atoms with Crippen LogP contribution >= 0.6 is 0 Å². The highest BCUT2D eigenvalue weighted by Crippen LogP contribution is 2.22. The first-order valence-corrected chi connectivity index (χ1v) is 7.03. The summed E-state index contributed by atoms with van der Waals surface area (Å²) in [5.41, 5.74) is 3.93. The highest BCUT2D eigenvalue weighted by molar-refractivity contribution is 5.28. The van der Waals surface area contributed by atoms with Crippen LogP contribution in [-0.4, -0.2) is 5.11 Å². The van der Waals surface area contributed by atoms with Crippen molar-refractivity contribution in [2.45, 2.75) is 39.3 Å². The third kappa shape index (κ3) is 4.10. The number of phenols is 1. The van der Waals surface area contributed by atoms with E-state index in [9.17, 15) is 5.11 Å². The van der Waals surface area contributed by atoms with Crippen molar-refractivity contribution in [3.63, 3.8) is 0 Å². The van der Waals surface area contributed by atoms with E-state index in [-0.39, 0.29) is 5.41 Å². The first-order valence-electron chi connectivity index (χ1n) is 7.03. The van der Waals surface area contributed by atoms with Gasteiger partial charge in [0.2, 0.25) is 0 Å². The van der Waals surface area contributed by atoms with Gasteiger partial charge in [-0.1, -0.05) is 57.2 Å². The molecule has 0 aliphatic rings. The molecule has 0 heterocycles. The monoisotopic (exact) mass is 269 g/mol. The number of hydrogen-bond acceptors (Lipinski definition) is 2. The zero-order valence-corrected chi connectivity index (χ0v) is 12.5. The van der Waals surface area contributed by atoms with Crippen LogP contribution in [0.15, 0.2) is 48.5 Å². The molecule has 2 N–H and O–H groups in total. The van der Waals surface area contributed by atoms with Crippen LogP contribution in [0.5, 0.6) is 5.75 Å². The van der Waals surface area contributed by atoms with Crippen LogP contribution in [-0.2, 0) is 18.5 Å². The van der Waals surface area contributed by atoms with Gasteiger partial charge >= 0.3 is 0 Å². The van der Waals surface area contributed by atoms with Gasteiger partial charge < -0.3 is 10.4 Å². The summed E-state index contributed by atoms with van der Waals surface area (Å²) < 4.78 is 0. The Morgan fingerprint density at radius 1 is 0.900 bits per heavy atom. The van der Waals surface area contributed by atoms with Crippen molar-refractivity contribution < 1.29 is 5.11 Å². The molecule has 2 rings (SSSR count). The first-order chi connectivity index (χ1) is 9.45. The average molecular weight is 269 g/mol. The van der Waals surface area contributed by atoms with Crippen LogP contribution in [0.4, 0.5) is 0 Å². The summed E-state index contributed by atoms with van der Waals surface area (Å²) in [7, 11) is 0. The fourth-order valence-corrected chi connectivity index (χ4v) is 2.14. The molecular formula is C18H23NO. The number of nitrogens with one attached hydrogen (secondary N) is 1. The Bertz CT molecular complexity index is 552. The molecule has 0 aromatic heterocycles. The predicted molar refractivity (Wildman–Crippen MR) is 83.8 cm³/mol. The van der Waals surface area contributed by atoms with Crippen molar-refractivity contribution >= 4 is 0 Å². The molecule has 0 atom stereocenters. The van der Waals surface area contributed by atoms with Crippen LogP contribution in [0.1, 0.15) is 37.5 Å². The second-order valence-electron chi connectivity index (χ2n) is 6.22. The molecule has 0 aliphatic heterocycles. The Morgan fingerprint density at radius 2 is 1.55 bits per heavy atom. The van der Waals surface area contributed by atoms with E-state index >= 15 is 0 Å². The largest absolute Gasteiger partial charge is 0.508 e. The molecule has 0 aliphatic carbocycles. The molecule has 0 bridgehead atoms. The summed E-state index contributed by atoms with van der Waals surface area (Å²) in [5, 5.41) is 12.8. The highest BCUT2D eigenvalue weighted by atomic mass is 16.3. The second-order valence-corrected chi connectivity index (χ2v) is 6.22. The molecular weight excluding hydrogens is 246 g/mol. The van der Waals surface area contributed by atoms with E-state index in [0.717, 1.165) is 18.7 Å². The van der Waals surface area contributed by atoms with Crippen molar-refractivity contribution in [2.24, 2.45) is 0 Å². The second kappa shape index (κ2) is 6.10. The van der Waals surface area contributed by atoms with Gasteiger partial charge in [-0.15, -0.1) is 0 Å². The predicted octanol–water partition coefficient (Wildman–Crippen LogP) is 3.98. The maximum Gasteiger partial charge on any atom is 0.115 e. The topological polar surface area (TPSA) is 32.3 Å². The molecule has 0 saturated carbocycles. The number of benzene rings is 2. The number of aromatic hydroxyl groups is 1. The Balaban J connectivity index is 1.88. The van der Waals surface area contributed by atoms with Crippen LogP contribution in [0.2, 0.25) is 0 Å². The fourth-order valence-electron chi connectivity index (χ4n) is 2.14. The zero-order chi connectivity index (χ0) is 14.6. The number of rotatable bonds is 4. The molecule has 2 aromatic rings. The lowest BCUT2D eigenvalue weighted by molar-refractivity contribution is 0.474. The van der Waals surface area contributed by atoms with Crippen LogP contribution in [0, 0.1) is 0 Å². The maximum atomic E-state index is 9.41. The highest BCUT2D eigenvalue weighted by Gasteiger charge is 2.12. The number of phenolic OH excluding ortho intramolecular Hbond substituents is 1. The van der Waals surface area contributed by atoms with Crippen LogP contribution < -0.4 is 5.32 Å². The molecule has 106 valence electrons. The lowest BCUT2D eigenvalue weighted by atomic mass is 9.87. The molecule has 0 spiro atoms. The minimum absolute atomic E-state index is 0.202. The Labute approximate surface area is 121 Å². The van der Waals surface area contributed by atoms with Crippen LogP contribution in [0.3, 0.4) is 0 Å². The number of hydrogen-bond donors (Lipinski definition) is 2. The van der Waals surface area contributed by atoms with Crippen molar-refractivity contribution in [1.29, 1.82) is 0 Å². The van der Waals surface area contributed by atoms with E-state index in [2.05, 4.69) is 50.4 Å². The third-order valence-electron chi connectivity index (χ3n) is 3.39. The first kappa shape index (κ1) is 14.6. The van der Waals surface area contributed by atoms with E-state index in [1.807, 2.05) is 12.1 Å². The van der Waals surface area contributed by atoms with Crippen LogP contribution in [0.25, 0.3) is 0 Å². The van der Waals surface area contributed by atoms with Gasteiger partial charge in [0.15, 0.2) is 0 Å². The SMILES string of the molecule is CC(C)(C)c1ccc(CNCc2cccc(O)c2)cc1. The van der Waals surface area contributed by atoms with Crippen molar-refractivity contribution in [3.05, 3.63) is 65.2 Å². The van der Waals surface area contributed by atoms with E-state index in [0.29, 0.717) is 5.75 Å². The summed E-state index contributed by atoms with van der Waals surface area (Å²) >= 11 is 0. The molecule has 0 saturated heterocycles. The molecule has 20 heavy (non-hydrogen) atoms. The van der Waals surface area contributed by atoms with E-state index in [1.54, 1.807) is 12.1 Å². The minimum atomic E-state index is 0.202. The molecule has 0 unspecified atom stereocenters. The molecule has 2 nitrogen and oxygen atoms in total. The van der Waals surface area contributed by atoms with E-state index in [4.69, 9.17) is 0 Å². The third-order valence-corrected chi connectivity index (χ3v) is 3.39. The average Bonchev–Trinajstić information content (AvgIpc) is 2.38. The van der Waals surface area contributed by atoms with E-state index < -0.39 is 0 Å². The molecule has 0 amide bonds. The summed E-state index contributed by atoms with van der Waals surface area (Å²) in [5.74, 6) is 0.318. The lowest BCUT2D eigenvalue weighted by Crippen LogP contribution is -2.14. The van der Waals surface area contributed by atoms with Crippen molar-refractivity contribution in [3.8, 4) is 5.75 Å². The Kier molecular flexibility index (Phi) is 4.46. The van der Waals surface area contributed by atoms with Gasteiger partial charge in [0, 0.05) is 13.1 Å². The lowest BCUT2D eigenvalue weighted by Gasteiger charge is -2.19. The molecule has 0 fully saturated rings. The van der Waals surface area contributed by atoms with Gasteiger partial charge in [-0.05, 0) is 34.2 Å². The van der Waals surface area contributed by atoms with Gasteiger partial charge in [-0.3, -0.25) is 0 Å². The van der Waals surface area contributed by atoms with Gasteiger partial charge in [0.25, 0.3) is 0 Å². The minimum Gasteiger partial charge on any atom is -0.508 e. The van der Waals surface area contributed by atoms with Gasteiger partial charge in [0.05, 0.1) is 0 Å². The quantitative estimate of drug-likeness (QED) is 0.880. The standard InChI is InChI=1S/C18H23NO/c1-18(2,3)16-9-7-14(8-10-16)12-19-13-15-5-4-6-17(20)11-15/h4-11,19-20H,12-13H2,1-3H3.